The molecule has 6 nitrogen and oxygen atoms in total. The molecule has 0 saturated heterocycles. The third-order valence-electron chi connectivity index (χ3n) is 1.31. The molecule has 6 heteroatoms. The second-order valence-electron chi connectivity index (χ2n) is 2.33. The first-order valence-corrected chi connectivity index (χ1v) is 3.78. The fourth-order valence-corrected chi connectivity index (χ4v) is 0.537. The topological polar surface area (TPSA) is 82.1 Å². The normalized spacial score (nSPS) is 11.9. The number of aliphatic hydroxyl groups excluding tert-OH is 1. The molecular formula is C7H12O6. The standard InChI is InChI=1S/C7H12O6/c1-3-6(4-8)7(10)12-13-11-5(2)9/h6,8H,3-4H2,1-2H3. The minimum Gasteiger partial charge on any atom is -0.395 e. The van der Waals surface area contributed by atoms with Crippen LogP contribution >= 0.6 is 0 Å². The lowest BCUT2D eigenvalue weighted by Crippen LogP contribution is -2.21. The van der Waals surface area contributed by atoms with Gasteiger partial charge >= 0.3 is 11.9 Å². The van der Waals surface area contributed by atoms with E-state index in [1.807, 2.05) is 0 Å². The van der Waals surface area contributed by atoms with Gasteiger partial charge in [-0.15, -0.1) is 0 Å². The maximum absolute atomic E-state index is 10.9. The summed E-state index contributed by atoms with van der Waals surface area (Å²) < 4.78 is 0. The van der Waals surface area contributed by atoms with E-state index in [9.17, 15) is 9.59 Å². The Bertz CT molecular complexity index is 174. The predicted octanol–water partition coefficient (Wildman–Crippen LogP) is -0.0422. The van der Waals surface area contributed by atoms with Gasteiger partial charge in [0.2, 0.25) is 0 Å². The third-order valence-corrected chi connectivity index (χ3v) is 1.31. The van der Waals surface area contributed by atoms with Gasteiger partial charge in [-0.3, -0.25) is 9.78 Å². The summed E-state index contributed by atoms with van der Waals surface area (Å²) in [5.41, 5.74) is 0. The van der Waals surface area contributed by atoms with Crippen LogP contribution in [0.25, 0.3) is 0 Å². The summed E-state index contributed by atoms with van der Waals surface area (Å²) in [6, 6.07) is 0. The highest BCUT2D eigenvalue weighted by Crippen LogP contribution is 2.04. The highest BCUT2D eigenvalue weighted by molar-refractivity contribution is 5.71. The van der Waals surface area contributed by atoms with Crippen molar-refractivity contribution in [3.8, 4) is 0 Å². The van der Waals surface area contributed by atoms with Crippen LogP contribution in [-0.4, -0.2) is 23.7 Å². The van der Waals surface area contributed by atoms with Gasteiger partial charge in [-0.1, -0.05) is 6.92 Å². The number of hydrogen-bond acceptors (Lipinski definition) is 6. The molecular weight excluding hydrogens is 180 g/mol. The Morgan fingerprint density at radius 1 is 1.38 bits per heavy atom. The van der Waals surface area contributed by atoms with Crippen LogP contribution in [0.5, 0.6) is 0 Å². The predicted molar refractivity (Wildman–Crippen MR) is 39.8 cm³/mol. The molecule has 0 aromatic carbocycles. The van der Waals surface area contributed by atoms with E-state index in [0.29, 0.717) is 6.42 Å². The Hall–Kier alpha value is -1.14. The Morgan fingerprint density at radius 3 is 2.38 bits per heavy atom. The maximum atomic E-state index is 10.9. The van der Waals surface area contributed by atoms with Crippen LogP contribution < -0.4 is 0 Å². The summed E-state index contributed by atoms with van der Waals surface area (Å²) in [6.07, 6.45) is 0.415. The van der Waals surface area contributed by atoms with Crippen molar-refractivity contribution < 1.29 is 29.5 Å². The Labute approximate surface area is 75.2 Å². The van der Waals surface area contributed by atoms with Gasteiger partial charge in [0.15, 0.2) is 0 Å². The van der Waals surface area contributed by atoms with Crippen molar-refractivity contribution in [3.63, 3.8) is 0 Å². The lowest BCUT2D eigenvalue weighted by molar-refractivity contribution is -0.460. The second kappa shape index (κ2) is 6.38. The SMILES string of the molecule is CCC(CO)C(=O)OOOC(C)=O. The number of carbonyl (C=O) groups is 2. The van der Waals surface area contributed by atoms with Gasteiger partial charge in [0.1, 0.15) is 0 Å². The minimum absolute atomic E-state index is 0.335. The van der Waals surface area contributed by atoms with Crippen LogP contribution in [0.15, 0.2) is 0 Å². The molecule has 0 aromatic heterocycles. The van der Waals surface area contributed by atoms with E-state index < -0.39 is 17.9 Å². The summed E-state index contributed by atoms with van der Waals surface area (Å²) in [7, 11) is 0. The van der Waals surface area contributed by atoms with Crippen LogP contribution in [0.2, 0.25) is 0 Å². The van der Waals surface area contributed by atoms with Crippen LogP contribution in [0.1, 0.15) is 20.3 Å². The molecule has 0 fully saturated rings. The molecule has 0 saturated carbocycles. The highest BCUT2D eigenvalue weighted by Gasteiger charge is 2.18. The first-order chi connectivity index (χ1) is 6.11. The van der Waals surface area contributed by atoms with Crippen molar-refractivity contribution in [2.45, 2.75) is 20.3 Å². The van der Waals surface area contributed by atoms with E-state index in [1.165, 1.54) is 0 Å². The van der Waals surface area contributed by atoms with Crippen molar-refractivity contribution >= 4 is 11.9 Å². The fraction of sp³-hybridized carbons (Fsp3) is 0.714. The van der Waals surface area contributed by atoms with Gasteiger partial charge < -0.3 is 5.11 Å². The van der Waals surface area contributed by atoms with Crippen LogP contribution in [0.3, 0.4) is 0 Å². The molecule has 0 aliphatic rings. The Kier molecular flexibility index (Phi) is 5.82. The summed E-state index contributed by atoms with van der Waals surface area (Å²) in [5, 5.41) is 12.5. The van der Waals surface area contributed by atoms with Gasteiger partial charge in [0.25, 0.3) is 0 Å². The summed E-state index contributed by atoms with van der Waals surface area (Å²) in [4.78, 5) is 29.0. The molecule has 1 atom stereocenters. The smallest absolute Gasteiger partial charge is 0.352 e. The average Bonchev–Trinajstić information content (AvgIpc) is 2.05. The fourth-order valence-electron chi connectivity index (χ4n) is 0.537. The van der Waals surface area contributed by atoms with Crippen LogP contribution in [0, 0.1) is 5.92 Å². The molecule has 0 radical (unpaired) electrons. The minimum atomic E-state index is -0.772. The van der Waals surface area contributed by atoms with Gasteiger partial charge in [-0.05, 0) is 6.42 Å². The average molecular weight is 192 g/mol. The number of hydrogen-bond donors (Lipinski definition) is 1. The van der Waals surface area contributed by atoms with E-state index >= 15 is 0 Å². The first-order valence-electron chi connectivity index (χ1n) is 3.78. The monoisotopic (exact) mass is 192 g/mol. The molecule has 0 aromatic rings. The number of carbonyl (C=O) groups excluding carboxylic acids is 2. The van der Waals surface area contributed by atoms with Crippen LogP contribution in [0.4, 0.5) is 0 Å². The zero-order valence-electron chi connectivity index (χ0n) is 7.48. The molecule has 0 aliphatic heterocycles. The number of rotatable bonds is 5. The van der Waals surface area contributed by atoms with Gasteiger partial charge in [0.05, 0.1) is 12.5 Å². The van der Waals surface area contributed by atoms with E-state index in [1.54, 1.807) is 6.92 Å². The molecule has 13 heavy (non-hydrogen) atoms. The highest BCUT2D eigenvalue weighted by atomic mass is 17.5. The molecule has 76 valence electrons. The molecule has 0 heterocycles. The third kappa shape index (κ3) is 5.15. The Balaban J connectivity index is 3.66. The molecule has 1 N–H and O–H groups in total. The van der Waals surface area contributed by atoms with Crippen molar-refractivity contribution in [1.82, 2.24) is 0 Å². The van der Waals surface area contributed by atoms with E-state index in [0.717, 1.165) is 6.92 Å². The zero-order chi connectivity index (χ0) is 10.3. The second-order valence-corrected chi connectivity index (χ2v) is 2.33. The molecule has 0 amide bonds. The summed E-state index contributed by atoms with van der Waals surface area (Å²) in [5.74, 6) is -2.16. The molecule has 1 unspecified atom stereocenters. The molecule has 0 spiro atoms. The van der Waals surface area contributed by atoms with Crippen molar-refractivity contribution in [3.05, 3.63) is 0 Å². The molecule has 0 bridgehead atoms. The van der Waals surface area contributed by atoms with Gasteiger partial charge in [0, 0.05) is 12.0 Å². The largest absolute Gasteiger partial charge is 0.395 e. The van der Waals surface area contributed by atoms with E-state index in [-0.39, 0.29) is 6.61 Å². The summed E-state index contributed by atoms with van der Waals surface area (Å²) in [6.45, 7) is 2.46. The molecule has 0 rings (SSSR count). The zero-order valence-corrected chi connectivity index (χ0v) is 7.48. The van der Waals surface area contributed by atoms with E-state index in [4.69, 9.17) is 5.11 Å². The lowest BCUT2D eigenvalue weighted by atomic mass is 10.1. The van der Waals surface area contributed by atoms with Crippen LogP contribution in [-0.2, 0) is 24.4 Å². The van der Waals surface area contributed by atoms with Crippen molar-refractivity contribution in [2.24, 2.45) is 5.92 Å². The van der Waals surface area contributed by atoms with Gasteiger partial charge in [-0.25, -0.2) is 9.59 Å². The maximum Gasteiger partial charge on any atom is 0.352 e. The molecule has 0 aliphatic carbocycles. The van der Waals surface area contributed by atoms with Crippen molar-refractivity contribution in [1.29, 1.82) is 0 Å². The Morgan fingerprint density at radius 2 is 2.00 bits per heavy atom. The first kappa shape index (κ1) is 11.9. The van der Waals surface area contributed by atoms with E-state index in [2.05, 4.69) is 14.8 Å². The summed E-state index contributed by atoms with van der Waals surface area (Å²) >= 11 is 0. The lowest BCUT2D eigenvalue weighted by Gasteiger charge is -2.07. The van der Waals surface area contributed by atoms with Gasteiger partial charge in [-0.2, -0.15) is 0 Å². The quantitative estimate of drug-likeness (QED) is 0.486. The number of aliphatic hydroxyl groups is 1. The van der Waals surface area contributed by atoms with Crippen molar-refractivity contribution in [2.75, 3.05) is 6.61 Å².